The maximum absolute atomic E-state index is 8.42. The Morgan fingerprint density at radius 1 is 1.71 bits per heavy atom. The van der Waals surface area contributed by atoms with Crippen LogP contribution in [0.25, 0.3) is 0 Å². The fourth-order valence-corrected chi connectivity index (χ4v) is 0.334. The highest BCUT2D eigenvalue weighted by atomic mass is 16.3. The lowest BCUT2D eigenvalue weighted by atomic mass is 10.4. The first-order valence-corrected chi connectivity index (χ1v) is 1.87. The third-order valence-corrected chi connectivity index (χ3v) is 0.587. The van der Waals surface area contributed by atoms with Crippen LogP contribution >= 0.6 is 0 Å². The monoisotopic (exact) mass is 96.0 g/mol. The number of aliphatic hydroxyl groups is 1. The minimum Gasteiger partial charge on any atom is -0.492 e. The summed E-state index contributed by atoms with van der Waals surface area (Å²) >= 11 is 0. The van der Waals surface area contributed by atoms with E-state index in [1.54, 1.807) is 6.92 Å². The van der Waals surface area contributed by atoms with Crippen LogP contribution in [0, 0.1) is 6.08 Å². The van der Waals surface area contributed by atoms with Gasteiger partial charge in [0, 0.05) is 0 Å². The summed E-state index contributed by atoms with van der Waals surface area (Å²) in [7, 11) is 0. The van der Waals surface area contributed by atoms with Gasteiger partial charge in [-0.1, -0.05) is 0 Å². The molecule has 0 aromatic rings. The van der Waals surface area contributed by atoms with Gasteiger partial charge in [-0.25, -0.2) is 0 Å². The Labute approximate surface area is 41.3 Å². The number of aliphatic hydroxyl groups excluding tert-OH is 1. The third kappa shape index (κ3) is 0.707. The molecule has 0 fully saturated rings. The highest BCUT2D eigenvalue weighted by Crippen LogP contribution is 1.93. The lowest BCUT2D eigenvalue weighted by molar-refractivity contribution is 0.368. The van der Waals surface area contributed by atoms with Crippen molar-refractivity contribution >= 4 is 5.71 Å². The molecule has 0 aromatic carbocycles. The zero-order valence-electron chi connectivity index (χ0n) is 3.84. The molecule has 0 saturated heterocycles. The number of hydrogen-bond acceptors (Lipinski definition) is 2. The van der Waals surface area contributed by atoms with Crippen LogP contribution in [0.3, 0.4) is 0 Å². The van der Waals surface area contributed by atoms with E-state index in [-0.39, 0.29) is 5.88 Å². The minimum absolute atomic E-state index is 0.127. The van der Waals surface area contributed by atoms with E-state index in [1.807, 2.05) is 0 Å². The summed E-state index contributed by atoms with van der Waals surface area (Å²) < 4.78 is 0. The standard InChI is InChI=1S/C4H4N2O/c1-3-2-4(7)6-5-3/h7H,1H3. The molecular formula is C4H4N2O. The zero-order chi connectivity index (χ0) is 5.28. The maximum atomic E-state index is 8.42. The van der Waals surface area contributed by atoms with Gasteiger partial charge in [0.2, 0.25) is 5.88 Å². The maximum Gasteiger partial charge on any atom is 0.241 e. The van der Waals surface area contributed by atoms with Gasteiger partial charge in [0.25, 0.3) is 0 Å². The van der Waals surface area contributed by atoms with Gasteiger partial charge in [-0.2, -0.15) is 5.10 Å². The first kappa shape index (κ1) is 4.18. The van der Waals surface area contributed by atoms with Crippen LogP contribution in [0.4, 0.5) is 0 Å². The van der Waals surface area contributed by atoms with Gasteiger partial charge >= 0.3 is 0 Å². The minimum atomic E-state index is -0.127. The second kappa shape index (κ2) is 1.26. The summed E-state index contributed by atoms with van der Waals surface area (Å²) in [6, 6.07) is 0. The van der Waals surface area contributed by atoms with Crippen LogP contribution in [0.2, 0.25) is 0 Å². The second-order valence-corrected chi connectivity index (χ2v) is 1.23. The molecular weight excluding hydrogens is 92.1 g/mol. The molecule has 1 N–H and O–H groups in total. The quantitative estimate of drug-likeness (QED) is 0.459. The molecule has 3 heteroatoms. The lowest BCUT2D eigenvalue weighted by Gasteiger charge is -1.77. The smallest absolute Gasteiger partial charge is 0.241 e. The van der Waals surface area contributed by atoms with E-state index >= 15 is 0 Å². The van der Waals surface area contributed by atoms with Gasteiger partial charge < -0.3 is 5.11 Å². The van der Waals surface area contributed by atoms with Crippen molar-refractivity contribution in [1.29, 1.82) is 0 Å². The molecule has 1 aliphatic rings. The molecule has 1 aliphatic heterocycles. The first-order valence-electron chi connectivity index (χ1n) is 1.87. The predicted molar refractivity (Wildman–Crippen MR) is 24.6 cm³/mol. The van der Waals surface area contributed by atoms with E-state index in [4.69, 9.17) is 5.11 Å². The summed E-state index contributed by atoms with van der Waals surface area (Å²) in [5.41, 5.74) is 3.89. The van der Waals surface area contributed by atoms with E-state index in [1.165, 1.54) is 0 Å². The molecule has 0 unspecified atom stereocenters. The fourth-order valence-electron chi connectivity index (χ4n) is 0.334. The molecule has 0 amide bonds. The predicted octanol–water partition coefficient (Wildman–Crippen LogP) is 0.183. The van der Waals surface area contributed by atoms with Crippen LogP contribution in [0.1, 0.15) is 6.92 Å². The Kier molecular flexibility index (Phi) is 0.749. The topological polar surface area (TPSA) is 46.7 Å². The van der Waals surface area contributed by atoms with Gasteiger partial charge in [0.05, 0.1) is 11.8 Å². The van der Waals surface area contributed by atoms with E-state index in [0.29, 0.717) is 5.71 Å². The molecule has 1 heterocycles. The highest BCUT2D eigenvalue weighted by molar-refractivity contribution is 5.90. The SMILES string of the molecule is CC1=N[N]C(O)=[C]1. The molecule has 1 rings (SSSR count). The van der Waals surface area contributed by atoms with Crippen molar-refractivity contribution in [3.63, 3.8) is 0 Å². The average molecular weight is 96.1 g/mol. The second-order valence-electron chi connectivity index (χ2n) is 1.23. The van der Waals surface area contributed by atoms with Gasteiger partial charge in [-0.15, -0.1) is 5.43 Å². The van der Waals surface area contributed by atoms with Gasteiger partial charge in [0.15, 0.2) is 0 Å². The molecule has 0 spiro atoms. The molecule has 0 aromatic heterocycles. The van der Waals surface area contributed by atoms with E-state index in [0.717, 1.165) is 0 Å². The van der Waals surface area contributed by atoms with Crippen molar-refractivity contribution in [3.8, 4) is 0 Å². The van der Waals surface area contributed by atoms with Gasteiger partial charge in [-0.05, 0) is 6.92 Å². The van der Waals surface area contributed by atoms with Crippen molar-refractivity contribution in [2.24, 2.45) is 5.10 Å². The average Bonchev–Trinajstić information content (AvgIpc) is 1.87. The summed E-state index contributed by atoms with van der Waals surface area (Å²) in [6.07, 6.45) is 2.47. The molecule has 36 valence electrons. The third-order valence-electron chi connectivity index (χ3n) is 0.587. The van der Waals surface area contributed by atoms with Crippen molar-refractivity contribution in [3.05, 3.63) is 12.0 Å². The lowest BCUT2D eigenvalue weighted by Crippen LogP contribution is -1.86. The van der Waals surface area contributed by atoms with Crippen LogP contribution in [-0.2, 0) is 0 Å². The van der Waals surface area contributed by atoms with Crippen LogP contribution < -0.4 is 5.43 Å². The number of nitrogens with zero attached hydrogens (tertiary/aromatic N) is 2. The van der Waals surface area contributed by atoms with E-state index < -0.39 is 0 Å². The van der Waals surface area contributed by atoms with E-state index in [2.05, 4.69) is 16.6 Å². The summed E-state index contributed by atoms with van der Waals surface area (Å²) in [6.45, 7) is 1.72. The first-order chi connectivity index (χ1) is 3.29. The summed E-state index contributed by atoms with van der Waals surface area (Å²) in [5.74, 6) is -0.127. The van der Waals surface area contributed by atoms with Crippen molar-refractivity contribution in [2.75, 3.05) is 0 Å². The summed E-state index contributed by atoms with van der Waals surface area (Å²) in [4.78, 5) is 0. The number of hydrogen-bond donors (Lipinski definition) is 1. The Balaban J connectivity index is 2.69. The van der Waals surface area contributed by atoms with Gasteiger partial charge in [0.1, 0.15) is 0 Å². The molecule has 0 atom stereocenters. The number of rotatable bonds is 0. The van der Waals surface area contributed by atoms with Crippen molar-refractivity contribution < 1.29 is 5.11 Å². The Morgan fingerprint density at radius 3 is 2.57 bits per heavy atom. The van der Waals surface area contributed by atoms with Crippen molar-refractivity contribution in [1.82, 2.24) is 5.43 Å². The van der Waals surface area contributed by atoms with E-state index in [9.17, 15) is 0 Å². The molecule has 0 bridgehead atoms. The molecule has 0 aliphatic carbocycles. The molecule has 3 nitrogen and oxygen atoms in total. The Bertz CT molecular complexity index is 137. The zero-order valence-corrected chi connectivity index (χ0v) is 3.84. The normalized spacial score (nSPS) is 17.9. The fraction of sp³-hybridized carbons (Fsp3) is 0.250. The van der Waals surface area contributed by atoms with Crippen LogP contribution in [0.15, 0.2) is 11.0 Å². The van der Waals surface area contributed by atoms with Gasteiger partial charge in [-0.3, -0.25) is 0 Å². The highest BCUT2D eigenvalue weighted by Gasteiger charge is 2.01. The molecule has 0 saturated carbocycles. The molecule has 7 heavy (non-hydrogen) atoms. The summed E-state index contributed by atoms with van der Waals surface area (Å²) in [5, 5.41) is 11.9. The van der Waals surface area contributed by atoms with Crippen LogP contribution in [-0.4, -0.2) is 10.8 Å². The Morgan fingerprint density at radius 2 is 2.43 bits per heavy atom. The largest absolute Gasteiger partial charge is 0.492 e. The molecule has 2 radical (unpaired) electrons. The Hall–Kier alpha value is -0.990. The van der Waals surface area contributed by atoms with Crippen LogP contribution in [0.5, 0.6) is 0 Å². The number of allylic oxidation sites excluding steroid dienone is 1. The van der Waals surface area contributed by atoms with Crippen molar-refractivity contribution in [2.45, 2.75) is 6.92 Å².